The third kappa shape index (κ3) is 4.72. The fourth-order valence-electron chi connectivity index (χ4n) is 4.95. The lowest BCUT2D eigenvalue weighted by atomic mass is 10.00. The number of carbonyl (C=O) groups is 1. The Kier molecular flexibility index (Phi) is 6.69. The quantitative estimate of drug-likeness (QED) is 0.366. The van der Waals surface area contributed by atoms with Crippen molar-refractivity contribution in [1.82, 2.24) is 29.7 Å². The average Bonchev–Trinajstić information content (AvgIpc) is 3.75. The molecule has 204 valence electrons. The van der Waals surface area contributed by atoms with Crippen molar-refractivity contribution in [2.45, 2.75) is 31.4 Å². The summed E-state index contributed by atoms with van der Waals surface area (Å²) in [6.45, 7) is 2.38. The maximum Gasteiger partial charge on any atom is 0.266 e. The largest absolute Gasteiger partial charge is 0.379 e. The number of halogens is 3. The lowest BCUT2D eigenvalue weighted by Crippen LogP contribution is -2.20. The van der Waals surface area contributed by atoms with Gasteiger partial charge < -0.3 is 20.1 Å². The number of hydrogen-bond acceptors (Lipinski definition) is 7. The number of benzene rings is 1. The van der Waals surface area contributed by atoms with Crippen LogP contribution in [0.15, 0.2) is 36.9 Å². The van der Waals surface area contributed by atoms with Gasteiger partial charge in [0.1, 0.15) is 11.6 Å². The van der Waals surface area contributed by atoms with E-state index >= 15 is 4.39 Å². The van der Waals surface area contributed by atoms with E-state index in [-0.39, 0.29) is 34.4 Å². The zero-order valence-corrected chi connectivity index (χ0v) is 21.0. The van der Waals surface area contributed by atoms with Crippen molar-refractivity contribution in [3.63, 3.8) is 0 Å². The van der Waals surface area contributed by atoms with E-state index in [0.717, 1.165) is 24.5 Å². The highest BCUT2D eigenvalue weighted by molar-refractivity contribution is 5.96. The van der Waals surface area contributed by atoms with Crippen molar-refractivity contribution >= 4 is 17.4 Å². The second-order valence-electron chi connectivity index (χ2n) is 9.57. The first-order valence-electron chi connectivity index (χ1n) is 12.6. The first-order chi connectivity index (χ1) is 18.9. The Morgan fingerprint density at radius 1 is 1.05 bits per heavy atom. The third-order valence-corrected chi connectivity index (χ3v) is 7.07. The van der Waals surface area contributed by atoms with Crippen LogP contribution < -0.4 is 10.6 Å². The molecule has 2 aliphatic rings. The van der Waals surface area contributed by atoms with Gasteiger partial charge in [-0.3, -0.25) is 9.48 Å². The molecule has 3 aromatic heterocycles. The maximum absolute atomic E-state index is 15.4. The van der Waals surface area contributed by atoms with Gasteiger partial charge in [0.05, 0.1) is 43.3 Å². The lowest BCUT2D eigenvalue weighted by Gasteiger charge is -2.16. The molecule has 2 fully saturated rings. The molecule has 2 atom stereocenters. The summed E-state index contributed by atoms with van der Waals surface area (Å²) in [5.41, 5.74) is 0.772. The third-order valence-electron chi connectivity index (χ3n) is 7.07. The number of fused-ring (bicyclic) bond motifs is 1. The average molecular weight is 542 g/mol. The predicted octanol–water partition coefficient (Wildman–Crippen LogP) is 3.86. The molecule has 2 N–H and O–H groups in total. The Balaban J connectivity index is 1.49. The van der Waals surface area contributed by atoms with Crippen LogP contribution in [-0.4, -0.2) is 69.8 Å². The number of nitrogens with zero attached hydrogens (tertiary/aromatic N) is 5. The molecule has 0 aliphatic carbocycles. The number of carbonyl (C=O) groups excluding carboxylic acids is 1. The van der Waals surface area contributed by atoms with Crippen molar-refractivity contribution in [3.05, 3.63) is 53.9 Å². The highest BCUT2D eigenvalue weighted by atomic mass is 19.3. The normalized spacial score (nSPS) is 19.3. The Labute approximate surface area is 221 Å². The monoisotopic (exact) mass is 541 g/mol. The number of nitrogens with one attached hydrogen (secondary N) is 2. The van der Waals surface area contributed by atoms with Crippen molar-refractivity contribution in [1.29, 1.82) is 0 Å². The molecule has 1 aromatic carbocycles. The van der Waals surface area contributed by atoms with Gasteiger partial charge in [-0.1, -0.05) is 0 Å². The van der Waals surface area contributed by atoms with Crippen LogP contribution in [0.1, 0.15) is 41.2 Å². The van der Waals surface area contributed by atoms with Gasteiger partial charge in [0.25, 0.3) is 12.3 Å². The molecule has 2 saturated heterocycles. The number of ether oxygens (including phenoxy) is 2. The van der Waals surface area contributed by atoms with E-state index in [4.69, 9.17) is 14.5 Å². The van der Waals surface area contributed by atoms with E-state index in [1.165, 1.54) is 23.8 Å². The molecule has 2 unspecified atom stereocenters. The van der Waals surface area contributed by atoms with Gasteiger partial charge in [-0.2, -0.15) is 10.2 Å². The number of alkyl halides is 2. The van der Waals surface area contributed by atoms with Crippen molar-refractivity contribution in [3.8, 4) is 22.3 Å². The summed E-state index contributed by atoms with van der Waals surface area (Å²) in [6.07, 6.45) is 5.29. The van der Waals surface area contributed by atoms with Gasteiger partial charge in [0.15, 0.2) is 5.65 Å². The van der Waals surface area contributed by atoms with E-state index in [2.05, 4.69) is 20.8 Å². The fraction of sp³-hybridized carbons (Fsp3) is 0.385. The van der Waals surface area contributed by atoms with Gasteiger partial charge in [-0.15, -0.1) is 0 Å². The number of aromatic nitrogens is 5. The highest BCUT2D eigenvalue weighted by Crippen LogP contribution is 2.36. The van der Waals surface area contributed by atoms with E-state index in [1.807, 2.05) is 10.9 Å². The minimum atomic E-state index is -3.11. The summed E-state index contributed by atoms with van der Waals surface area (Å²) in [5.74, 6) is -1.24. The van der Waals surface area contributed by atoms with E-state index in [0.29, 0.717) is 37.8 Å². The van der Waals surface area contributed by atoms with E-state index in [1.54, 1.807) is 12.4 Å². The number of hydrogen-bond donors (Lipinski definition) is 2. The van der Waals surface area contributed by atoms with Gasteiger partial charge in [-0.25, -0.2) is 22.7 Å². The first-order valence-corrected chi connectivity index (χ1v) is 12.6. The minimum absolute atomic E-state index is 0.00194. The van der Waals surface area contributed by atoms with Crippen molar-refractivity contribution < 1.29 is 27.4 Å². The second-order valence-corrected chi connectivity index (χ2v) is 9.57. The summed E-state index contributed by atoms with van der Waals surface area (Å²) in [7, 11) is 1.37. The van der Waals surface area contributed by atoms with Crippen LogP contribution in [-0.2, 0) is 9.47 Å². The summed E-state index contributed by atoms with van der Waals surface area (Å²) in [6, 6.07) is 2.24. The standard InChI is InChI=1S/C26H26F3N7O3/c1-30-26(37)14-6-18(22(27)19(7-14)23(28)29)20-9-32-36-11-21(15-8-31-35(10-15)17-3-5-39-13-17)24(34-25(20)36)33-16-2-4-38-12-16/h6-11,16-17,23H,2-5,12-13H2,1H3,(H,30,37)(H,33,34). The van der Waals surface area contributed by atoms with Crippen molar-refractivity contribution in [2.24, 2.45) is 0 Å². The molecule has 39 heavy (non-hydrogen) atoms. The van der Waals surface area contributed by atoms with Crippen LogP contribution in [0.25, 0.3) is 27.9 Å². The zero-order valence-electron chi connectivity index (χ0n) is 21.0. The Hall–Kier alpha value is -3.97. The van der Waals surface area contributed by atoms with Crippen LogP contribution in [0.2, 0.25) is 0 Å². The first kappa shape index (κ1) is 25.3. The molecular formula is C26H26F3N7O3. The molecule has 4 aromatic rings. The molecule has 10 nitrogen and oxygen atoms in total. The van der Waals surface area contributed by atoms with Gasteiger partial charge in [-0.05, 0) is 25.0 Å². The SMILES string of the molecule is CNC(=O)c1cc(-c2cnn3cc(-c4cnn(C5CCOC5)c4)c(NC4CCOC4)nc23)c(F)c(C(F)F)c1. The van der Waals surface area contributed by atoms with Gasteiger partial charge >= 0.3 is 0 Å². The molecule has 13 heteroatoms. The predicted molar refractivity (Wildman–Crippen MR) is 135 cm³/mol. The molecule has 0 spiro atoms. The van der Waals surface area contributed by atoms with Crippen molar-refractivity contribution in [2.75, 3.05) is 38.8 Å². The molecule has 0 radical (unpaired) electrons. The molecule has 1 amide bonds. The van der Waals surface area contributed by atoms with Gasteiger partial charge in [0.2, 0.25) is 0 Å². The number of amides is 1. The second kappa shape index (κ2) is 10.3. The molecular weight excluding hydrogens is 515 g/mol. The van der Waals surface area contributed by atoms with Crippen LogP contribution in [0.3, 0.4) is 0 Å². The van der Waals surface area contributed by atoms with Gasteiger partial charge in [0, 0.05) is 60.5 Å². The Morgan fingerprint density at radius 3 is 2.59 bits per heavy atom. The smallest absolute Gasteiger partial charge is 0.266 e. The summed E-state index contributed by atoms with van der Waals surface area (Å²) >= 11 is 0. The number of anilines is 1. The van der Waals surface area contributed by atoms with E-state index in [9.17, 15) is 13.6 Å². The molecule has 0 bridgehead atoms. The minimum Gasteiger partial charge on any atom is -0.379 e. The van der Waals surface area contributed by atoms with Crippen LogP contribution in [0, 0.1) is 5.82 Å². The van der Waals surface area contributed by atoms with Crippen LogP contribution >= 0.6 is 0 Å². The molecule has 0 saturated carbocycles. The summed E-state index contributed by atoms with van der Waals surface area (Å²) < 4.78 is 57.1. The maximum atomic E-state index is 15.4. The Morgan fingerprint density at radius 2 is 1.87 bits per heavy atom. The summed E-state index contributed by atoms with van der Waals surface area (Å²) in [4.78, 5) is 17.1. The Bertz CT molecular complexity index is 1520. The summed E-state index contributed by atoms with van der Waals surface area (Å²) in [5, 5.41) is 14.7. The zero-order chi connectivity index (χ0) is 27.1. The van der Waals surface area contributed by atoms with E-state index < -0.39 is 23.7 Å². The highest BCUT2D eigenvalue weighted by Gasteiger charge is 2.26. The topological polar surface area (TPSA) is 108 Å². The molecule has 2 aliphatic heterocycles. The molecule has 5 heterocycles. The van der Waals surface area contributed by atoms with Crippen LogP contribution in [0.4, 0.5) is 19.0 Å². The number of rotatable bonds is 7. The lowest BCUT2D eigenvalue weighted by molar-refractivity contribution is 0.0962. The molecule has 6 rings (SSSR count). The fourth-order valence-corrected chi connectivity index (χ4v) is 4.95. The van der Waals surface area contributed by atoms with Crippen LogP contribution in [0.5, 0.6) is 0 Å².